The van der Waals surface area contributed by atoms with Crippen LogP contribution < -0.4 is 0 Å². The fourth-order valence-electron chi connectivity index (χ4n) is 0.859. The van der Waals surface area contributed by atoms with Crippen LogP contribution in [0, 0.1) is 0 Å². The second kappa shape index (κ2) is 7.29. The zero-order valence-electron chi connectivity index (χ0n) is 7.25. The van der Waals surface area contributed by atoms with Crippen LogP contribution in [0.4, 0.5) is 0 Å². The van der Waals surface area contributed by atoms with Crippen molar-refractivity contribution in [3.8, 4) is 0 Å². The molecule has 0 fully saturated rings. The zero-order valence-corrected chi connectivity index (χ0v) is 7.25. The van der Waals surface area contributed by atoms with Crippen LogP contribution in [-0.2, 0) is 0 Å². The van der Waals surface area contributed by atoms with Gasteiger partial charge >= 0.3 is 0 Å². The quantitative estimate of drug-likeness (QED) is 0.612. The van der Waals surface area contributed by atoms with E-state index in [9.17, 15) is 0 Å². The molecule has 0 unspecified atom stereocenters. The molecule has 1 N–H and O–H groups in total. The molecule has 0 amide bonds. The molecule has 1 aliphatic rings. The van der Waals surface area contributed by atoms with Crippen molar-refractivity contribution >= 4 is 0 Å². The standard InChI is InChI=1S/C9H12.CH4O/c1-2-9-7-5-3-4-6-8-9;1-2/h3,5-8H,2,4H2,1H3;2H,1H3. The molecule has 0 saturated carbocycles. The fraction of sp³-hybridized carbons (Fsp3) is 0.400. The summed E-state index contributed by atoms with van der Waals surface area (Å²) in [7, 11) is 1.00. The van der Waals surface area contributed by atoms with Gasteiger partial charge in [0.25, 0.3) is 0 Å². The second-order valence-electron chi connectivity index (χ2n) is 2.16. The molecule has 1 heteroatoms. The topological polar surface area (TPSA) is 20.2 Å². The summed E-state index contributed by atoms with van der Waals surface area (Å²) in [5.74, 6) is 0. The first kappa shape index (κ1) is 10.2. The highest BCUT2D eigenvalue weighted by Gasteiger charge is 1.86. The Morgan fingerprint density at radius 3 is 2.73 bits per heavy atom. The molecule has 0 aromatic heterocycles. The first-order valence-electron chi connectivity index (χ1n) is 3.90. The van der Waals surface area contributed by atoms with E-state index in [1.807, 2.05) is 0 Å². The van der Waals surface area contributed by atoms with E-state index in [1.54, 1.807) is 0 Å². The molecule has 0 spiro atoms. The molecule has 62 valence electrons. The Morgan fingerprint density at radius 1 is 1.36 bits per heavy atom. The monoisotopic (exact) mass is 152 g/mol. The molecule has 0 saturated heterocycles. The van der Waals surface area contributed by atoms with Gasteiger partial charge in [-0.25, -0.2) is 0 Å². The largest absolute Gasteiger partial charge is 0.400 e. The van der Waals surface area contributed by atoms with Crippen LogP contribution in [-0.4, -0.2) is 12.2 Å². The molecular weight excluding hydrogens is 136 g/mol. The second-order valence-corrected chi connectivity index (χ2v) is 2.16. The molecular formula is C10H16O. The molecule has 0 atom stereocenters. The Labute approximate surface area is 68.7 Å². The van der Waals surface area contributed by atoms with Gasteiger partial charge in [-0.15, -0.1) is 0 Å². The number of hydrogen-bond acceptors (Lipinski definition) is 1. The third-order valence-electron chi connectivity index (χ3n) is 1.46. The minimum atomic E-state index is 1.00. The maximum atomic E-state index is 7.00. The lowest BCUT2D eigenvalue weighted by molar-refractivity contribution is 0.399. The van der Waals surface area contributed by atoms with Crippen LogP contribution in [0.5, 0.6) is 0 Å². The molecule has 0 aliphatic heterocycles. The summed E-state index contributed by atoms with van der Waals surface area (Å²) in [5, 5.41) is 7.00. The number of allylic oxidation sites excluding steroid dienone is 6. The first-order chi connectivity index (χ1) is 5.43. The van der Waals surface area contributed by atoms with E-state index in [2.05, 4.69) is 37.3 Å². The summed E-state index contributed by atoms with van der Waals surface area (Å²) in [6.45, 7) is 2.18. The molecule has 0 aromatic rings. The van der Waals surface area contributed by atoms with Crippen molar-refractivity contribution in [2.75, 3.05) is 7.11 Å². The van der Waals surface area contributed by atoms with Crippen LogP contribution in [0.15, 0.2) is 36.0 Å². The van der Waals surface area contributed by atoms with Crippen LogP contribution in [0.2, 0.25) is 0 Å². The van der Waals surface area contributed by atoms with Gasteiger partial charge in [0.15, 0.2) is 0 Å². The molecule has 0 heterocycles. The molecule has 0 bridgehead atoms. The maximum Gasteiger partial charge on any atom is 0.0319 e. The van der Waals surface area contributed by atoms with E-state index in [0.29, 0.717) is 0 Å². The van der Waals surface area contributed by atoms with Crippen molar-refractivity contribution in [2.24, 2.45) is 0 Å². The van der Waals surface area contributed by atoms with Crippen molar-refractivity contribution in [3.63, 3.8) is 0 Å². The Balaban J connectivity index is 0.000000461. The molecule has 1 rings (SSSR count). The lowest BCUT2D eigenvalue weighted by Crippen LogP contribution is -1.69. The minimum absolute atomic E-state index is 1.00. The van der Waals surface area contributed by atoms with Crippen LogP contribution in [0.1, 0.15) is 19.8 Å². The van der Waals surface area contributed by atoms with Gasteiger partial charge in [-0.05, 0) is 18.4 Å². The van der Waals surface area contributed by atoms with Gasteiger partial charge in [-0.3, -0.25) is 0 Å². The van der Waals surface area contributed by atoms with Gasteiger partial charge in [-0.1, -0.05) is 37.3 Å². The highest BCUT2D eigenvalue weighted by atomic mass is 16.2. The third-order valence-corrected chi connectivity index (χ3v) is 1.46. The summed E-state index contributed by atoms with van der Waals surface area (Å²) in [6.07, 6.45) is 13.1. The van der Waals surface area contributed by atoms with Crippen LogP contribution in [0.3, 0.4) is 0 Å². The normalized spacial score (nSPS) is 14.6. The maximum absolute atomic E-state index is 7.00. The predicted molar refractivity (Wildman–Crippen MR) is 49.4 cm³/mol. The van der Waals surface area contributed by atoms with Gasteiger partial charge in [-0.2, -0.15) is 0 Å². The van der Waals surface area contributed by atoms with Gasteiger partial charge in [0.05, 0.1) is 0 Å². The molecule has 1 nitrogen and oxygen atoms in total. The molecule has 1 aliphatic carbocycles. The fourth-order valence-corrected chi connectivity index (χ4v) is 0.859. The van der Waals surface area contributed by atoms with Gasteiger partial charge in [0, 0.05) is 7.11 Å². The number of hydrogen-bond donors (Lipinski definition) is 1. The summed E-state index contributed by atoms with van der Waals surface area (Å²) in [5.41, 5.74) is 1.42. The van der Waals surface area contributed by atoms with E-state index >= 15 is 0 Å². The molecule has 0 aromatic carbocycles. The Bertz CT molecular complexity index is 164. The minimum Gasteiger partial charge on any atom is -0.400 e. The van der Waals surface area contributed by atoms with Crippen LogP contribution >= 0.6 is 0 Å². The number of aliphatic hydroxyl groups is 1. The number of rotatable bonds is 1. The Morgan fingerprint density at radius 2 is 2.09 bits per heavy atom. The van der Waals surface area contributed by atoms with E-state index < -0.39 is 0 Å². The third kappa shape index (κ3) is 4.57. The van der Waals surface area contributed by atoms with Crippen molar-refractivity contribution < 1.29 is 5.11 Å². The van der Waals surface area contributed by atoms with E-state index in [0.717, 1.165) is 20.0 Å². The average Bonchev–Trinajstić information content (AvgIpc) is 2.35. The SMILES string of the molecule is CCC1=CC=CCC=C1.CO. The van der Waals surface area contributed by atoms with E-state index in [-0.39, 0.29) is 0 Å². The van der Waals surface area contributed by atoms with Crippen LogP contribution in [0.25, 0.3) is 0 Å². The summed E-state index contributed by atoms with van der Waals surface area (Å²) >= 11 is 0. The predicted octanol–water partition coefficient (Wildman–Crippen LogP) is 2.45. The Hall–Kier alpha value is -0.820. The lowest BCUT2D eigenvalue weighted by Gasteiger charge is -1.89. The Kier molecular flexibility index (Phi) is 6.75. The zero-order chi connectivity index (χ0) is 8.53. The highest BCUT2D eigenvalue weighted by molar-refractivity contribution is 5.26. The first-order valence-corrected chi connectivity index (χ1v) is 3.90. The van der Waals surface area contributed by atoms with Gasteiger partial charge in [0.1, 0.15) is 0 Å². The molecule has 0 radical (unpaired) electrons. The van der Waals surface area contributed by atoms with Crippen molar-refractivity contribution in [1.82, 2.24) is 0 Å². The van der Waals surface area contributed by atoms with Crippen molar-refractivity contribution in [1.29, 1.82) is 0 Å². The number of aliphatic hydroxyl groups excluding tert-OH is 1. The smallest absolute Gasteiger partial charge is 0.0319 e. The summed E-state index contributed by atoms with van der Waals surface area (Å²) in [6, 6.07) is 0. The van der Waals surface area contributed by atoms with E-state index in [4.69, 9.17) is 5.11 Å². The van der Waals surface area contributed by atoms with Crippen molar-refractivity contribution in [2.45, 2.75) is 19.8 Å². The molecule has 11 heavy (non-hydrogen) atoms. The summed E-state index contributed by atoms with van der Waals surface area (Å²) in [4.78, 5) is 0. The highest BCUT2D eigenvalue weighted by Crippen LogP contribution is 2.06. The van der Waals surface area contributed by atoms with E-state index in [1.165, 1.54) is 5.57 Å². The summed E-state index contributed by atoms with van der Waals surface area (Å²) < 4.78 is 0. The lowest BCUT2D eigenvalue weighted by atomic mass is 10.2. The van der Waals surface area contributed by atoms with Gasteiger partial charge < -0.3 is 5.11 Å². The average molecular weight is 152 g/mol. The van der Waals surface area contributed by atoms with Crippen molar-refractivity contribution in [3.05, 3.63) is 36.0 Å². The van der Waals surface area contributed by atoms with Gasteiger partial charge in [0.2, 0.25) is 0 Å².